The fourth-order valence-corrected chi connectivity index (χ4v) is 4.12. The Morgan fingerprint density at radius 2 is 2.17 bits per heavy atom. The first-order valence-corrected chi connectivity index (χ1v) is 8.97. The van der Waals surface area contributed by atoms with Crippen LogP contribution in [0.4, 0.5) is 0 Å². The second kappa shape index (κ2) is 6.75. The van der Waals surface area contributed by atoms with Crippen LogP contribution < -0.4 is 4.74 Å². The second-order valence-electron chi connectivity index (χ2n) is 7.13. The summed E-state index contributed by atoms with van der Waals surface area (Å²) < 4.78 is 11.9. The predicted molar refractivity (Wildman–Crippen MR) is 93.4 cm³/mol. The van der Waals surface area contributed by atoms with Crippen molar-refractivity contribution in [2.24, 2.45) is 0 Å². The zero-order chi connectivity index (χ0) is 16.4. The van der Waals surface area contributed by atoms with Crippen molar-refractivity contribution in [3.05, 3.63) is 30.5 Å². The Labute approximate surface area is 142 Å². The van der Waals surface area contributed by atoms with Gasteiger partial charge in [-0.15, -0.1) is 0 Å². The normalized spacial score (nSPS) is 22.2. The molecule has 2 fully saturated rings. The zero-order valence-corrected chi connectivity index (χ0v) is 14.0. The summed E-state index contributed by atoms with van der Waals surface area (Å²) >= 11 is 0. The van der Waals surface area contributed by atoms with E-state index in [9.17, 15) is 5.11 Å². The number of aromatic amines is 1. The van der Waals surface area contributed by atoms with Crippen molar-refractivity contribution in [3.8, 4) is 5.75 Å². The smallest absolute Gasteiger partial charge is 0.128 e. The Balaban J connectivity index is 1.32. The summed E-state index contributed by atoms with van der Waals surface area (Å²) in [6.45, 7) is 3.57. The van der Waals surface area contributed by atoms with E-state index in [0.29, 0.717) is 13.2 Å². The molecule has 5 nitrogen and oxygen atoms in total. The van der Waals surface area contributed by atoms with E-state index in [2.05, 4.69) is 9.88 Å². The summed E-state index contributed by atoms with van der Waals surface area (Å²) in [7, 11) is 0. The molecule has 1 aromatic heterocycles. The van der Waals surface area contributed by atoms with Crippen LogP contribution in [-0.2, 0) is 4.74 Å². The number of H-pyrrole nitrogens is 1. The Bertz CT molecular complexity index is 678. The highest BCUT2D eigenvalue weighted by molar-refractivity contribution is 5.85. The van der Waals surface area contributed by atoms with Crippen molar-refractivity contribution in [1.82, 2.24) is 9.88 Å². The Kier molecular flexibility index (Phi) is 4.48. The maximum Gasteiger partial charge on any atom is 0.128 e. The predicted octanol–water partition coefficient (Wildman–Crippen LogP) is 2.55. The molecule has 1 unspecified atom stereocenters. The third-order valence-corrected chi connectivity index (χ3v) is 5.30. The van der Waals surface area contributed by atoms with Crippen molar-refractivity contribution in [2.75, 3.05) is 32.8 Å². The lowest BCUT2D eigenvalue weighted by Gasteiger charge is -2.41. The van der Waals surface area contributed by atoms with Crippen LogP contribution in [-0.4, -0.2) is 59.5 Å². The number of aromatic nitrogens is 1. The van der Waals surface area contributed by atoms with E-state index in [4.69, 9.17) is 9.47 Å². The number of hydrogen-bond donors (Lipinski definition) is 2. The molecule has 4 rings (SSSR count). The fourth-order valence-electron chi connectivity index (χ4n) is 4.12. The van der Waals surface area contributed by atoms with Crippen molar-refractivity contribution in [2.45, 2.75) is 37.4 Å². The van der Waals surface area contributed by atoms with Crippen LogP contribution >= 0.6 is 0 Å². The molecule has 24 heavy (non-hydrogen) atoms. The lowest BCUT2D eigenvalue weighted by molar-refractivity contribution is -0.112. The quantitative estimate of drug-likeness (QED) is 0.885. The van der Waals surface area contributed by atoms with Gasteiger partial charge in [0.25, 0.3) is 0 Å². The van der Waals surface area contributed by atoms with Crippen LogP contribution in [0.5, 0.6) is 5.75 Å². The molecule has 0 amide bonds. The number of benzene rings is 1. The third kappa shape index (κ3) is 3.29. The molecule has 5 heteroatoms. The molecule has 1 saturated heterocycles. The van der Waals surface area contributed by atoms with Crippen LogP contribution in [0.2, 0.25) is 0 Å². The first-order valence-electron chi connectivity index (χ1n) is 8.97. The monoisotopic (exact) mass is 330 g/mol. The molecule has 1 saturated carbocycles. The highest BCUT2D eigenvalue weighted by atomic mass is 16.5. The van der Waals surface area contributed by atoms with Gasteiger partial charge < -0.3 is 19.6 Å². The van der Waals surface area contributed by atoms with Gasteiger partial charge in [-0.1, -0.05) is 18.9 Å². The number of ether oxygens (including phenoxy) is 2. The van der Waals surface area contributed by atoms with E-state index in [0.717, 1.165) is 49.2 Å². The van der Waals surface area contributed by atoms with Gasteiger partial charge in [-0.25, -0.2) is 0 Å². The van der Waals surface area contributed by atoms with Crippen molar-refractivity contribution >= 4 is 10.9 Å². The van der Waals surface area contributed by atoms with Gasteiger partial charge in [0, 0.05) is 36.7 Å². The minimum atomic E-state index is -0.490. The minimum absolute atomic E-state index is 0.0511. The molecular formula is C19H26N2O3. The standard InChI is InChI=1S/C19H26N2O3/c22-15(12-21-10-11-24-19(14-21)7-1-2-8-19)13-23-18-5-3-4-17-16(18)6-9-20-17/h3-6,9,15,20,22H,1-2,7-8,10-14H2. The SMILES string of the molecule is OC(COc1cccc2[nH]ccc12)CN1CCOC2(CCCC2)C1. The number of rotatable bonds is 5. The zero-order valence-electron chi connectivity index (χ0n) is 14.0. The molecule has 2 aliphatic rings. The van der Waals surface area contributed by atoms with Crippen LogP contribution in [0.1, 0.15) is 25.7 Å². The molecule has 2 aromatic rings. The van der Waals surface area contributed by atoms with Gasteiger partial charge in [0.1, 0.15) is 18.5 Å². The molecule has 2 N–H and O–H groups in total. The topological polar surface area (TPSA) is 57.7 Å². The maximum absolute atomic E-state index is 10.4. The van der Waals surface area contributed by atoms with E-state index in [-0.39, 0.29) is 5.60 Å². The summed E-state index contributed by atoms with van der Waals surface area (Å²) in [6, 6.07) is 7.94. The van der Waals surface area contributed by atoms with Crippen molar-refractivity contribution in [1.29, 1.82) is 0 Å². The summed E-state index contributed by atoms with van der Waals surface area (Å²) in [5, 5.41) is 11.5. The number of aliphatic hydroxyl groups is 1. The lowest BCUT2D eigenvalue weighted by Crippen LogP contribution is -2.52. The molecule has 2 heterocycles. The van der Waals surface area contributed by atoms with Crippen LogP contribution in [0, 0.1) is 0 Å². The largest absolute Gasteiger partial charge is 0.490 e. The average Bonchev–Trinajstić information content (AvgIpc) is 3.23. The Morgan fingerprint density at radius 1 is 1.29 bits per heavy atom. The third-order valence-electron chi connectivity index (χ3n) is 5.30. The summed E-state index contributed by atoms with van der Waals surface area (Å²) in [5.41, 5.74) is 1.11. The van der Waals surface area contributed by atoms with Crippen LogP contribution in [0.25, 0.3) is 10.9 Å². The van der Waals surface area contributed by atoms with Gasteiger partial charge in [-0.05, 0) is 31.0 Å². The number of β-amino-alcohol motifs (C(OH)–C–C–N with tert-alkyl or cyclic N) is 1. The van der Waals surface area contributed by atoms with Crippen LogP contribution in [0.3, 0.4) is 0 Å². The van der Waals surface area contributed by atoms with Crippen LogP contribution in [0.15, 0.2) is 30.5 Å². The van der Waals surface area contributed by atoms with Gasteiger partial charge >= 0.3 is 0 Å². The van der Waals surface area contributed by atoms with E-state index < -0.39 is 6.10 Å². The summed E-state index contributed by atoms with van der Waals surface area (Å²) in [5.74, 6) is 0.821. The number of nitrogens with zero attached hydrogens (tertiary/aromatic N) is 1. The highest BCUT2D eigenvalue weighted by Gasteiger charge is 2.39. The van der Waals surface area contributed by atoms with E-state index in [1.54, 1.807) is 0 Å². The summed E-state index contributed by atoms with van der Waals surface area (Å²) in [6.07, 6.45) is 6.26. The van der Waals surface area contributed by atoms with Crippen molar-refractivity contribution in [3.63, 3.8) is 0 Å². The molecular weight excluding hydrogens is 304 g/mol. The molecule has 1 aromatic carbocycles. The van der Waals surface area contributed by atoms with Crippen molar-refractivity contribution < 1.29 is 14.6 Å². The first kappa shape index (κ1) is 15.9. The second-order valence-corrected chi connectivity index (χ2v) is 7.13. The van der Waals surface area contributed by atoms with Gasteiger partial charge in [0.2, 0.25) is 0 Å². The molecule has 1 aliphatic heterocycles. The number of hydrogen-bond acceptors (Lipinski definition) is 4. The van der Waals surface area contributed by atoms with E-state index in [1.807, 2.05) is 30.5 Å². The Hall–Kier alpha value is -1.56. The summed E-state index contributed by atoms with van der Waals surface area (Å²) in [4.78, 5) is 5.51. The number of nitrogens with one attached hydrogen (secondary N) is 1. The number of fused-ring (bicyclic) bond motifs is 1. The Morgan fingerprint density at radius 3 is 3.04 bits per heavy atom. The first-order chi connectivity index (χ1) is 11.7. The molecule has 1 spiro atoms. The van der Waals surface area contributed by atoms with E-state index in [1.165, 1.54) is 12.8 Å². The van der Waals surface area contributed by atoms with Gasteiger partial charge in [0.05, 0.1) is 12.2 Å². The number of aliphatic hydroxyl groups excluding tert-OH is 1. The molecule has 130 valence electrons. The highest BCUT2D eigenvalue weighted by Crippen LogP contribution is 2.35. The van der Waals surface area contributed by atoms with Gasteiger partial charge in [-0.3, -0.25) is 4.90 Å². The number of morpholine rings is 1. The van der Waals surface area contributed by atoms with Gasteiger partial charge in [-0.2, -0.15) is 0 Å². The molecule has 1 atom stereocenters. The lowest BCUT2D eigenvalue weighted by atomic mass is 9.99. The molecule has 1 aliphatic carbocycles. The fraction of sp³-hybridized carbons (Fsp3) is 0.579. The van der Waals surface area contributed by atoms with E-state index >= 15 is 0 Å². The minimum Gasteiger partial charge on any atom is -0.490 e. The average molecular weight is 330 g/mol. The maximum atomic E-state index is 10.4. The molecule has 0 radical (unpaired) electrons. The van der Waals surface area contributed by atoms with Gasteiger partial charge in [0.15, 0.2) is 0 Å². The molecule has 0 bridgehead atoms.